The highest BCUT2D eigenvalue weighted by atomic mass is 16.3. The van der Waals surface area contributed by atoms with E-state index in [1.807, 2.05) is 13.8 Å². The monoisotopic (exact) mass is 155 g/mol. The molecule has 1 aromatic heterocycles. The van der Waals surface area contributed by atoms with Crippen LogP contribution in [-0.2, 0) is 5.60 Å². The Bertz CT molecular complexity index is 203. The molecule has 0 aliphatic rings. The van der Waals surface area contributed by atoms with E-state index in [0.29, 0.717) is 18.5 Å². The van der Waals surface area contributed by atoms with Gasteiger partial charge in [-0.3, -0.25) is 0 Å². The van der Waals surface area contributed by atoms with Crippen molar-refractivity contribution in [3.63, 3.8) is 0 Å². The lowest BCUT2D eigenvalue weighted by molar-refractivity contribution is 0.0239. The van der Waals surface area contributed by atoms with Crippen LogP contribution in [-0.4, -0.2) is 20.5 Å². The highest BCUT2D eigenvalue weighted by molar-refractivity contribution is 5.04. The second-order valence-corrected chi connectivity index (χ2v) is 2.59. The minimum Gasteiger partial charge on any atom is -0.383 e. The molecule has 0 unspecified atom stereocenters. The van der Waals surface area contributed by atoms with E-state index >= 15 is 0 Å². The molecule has 0 fully saturated rings. The number of aromatic amines is 1. The zero-order valence-electron chi connectivity index (χ0n) is 6.83. The predicted octanol–water partition coefficient (Wildman–Crippen LogP) is 0.812. The minimum atomic E-state index is -0.799. The van der Waals surface area contributed by atoms with Gasteiger partial charge in [0.25, 0.3) is 0 Å². The van der Waals surface area contributed by atoms with Crippen LogP contribution in [0.5, 0.6) is 0 Å². The van der Waals surface area contributed by atoms with E-state index in [4.69, 9.17) is 0 Å². The van der Waals surface area contributed by atoms with Gasteiger partial charge in [-0.2, -0.15) is 15.4 Å². The molecule has 0 aliphatic heterocycles. The maximum absolute atomic E-state index is 9.87. The Labute approximate surface area is 65.6 Å². The van der Waals surface area contributed by atoms with E-state index in [9.17, 15) is 5.11 Å². The summed E-state index contributed by atoms with van der Waals surface area (Å²) < 4.78 is 0. The Morgan fingerprint density at radius 1 is 1.55 bits per heavy atom. The lowest BCUT2D eigenvalue weighted by Crippen LogP contribution is -2.23. The van der Waals surface area contributed by atoms with Crippen LogP contribution in [0.25, 0.3) is 0 Å². The first kappa shape index (κ1) is 8.20. The van der Waals surface area contributed by atoms with Crippen molar-refractivity contribution in [2.75, 3.05) is 0 Å². The molecule has 0 spiro atoms. The van der Waals surface area contributed by atoms with Gasteiger partial charge in [-0.05, 0) is 12.8 Å². The molecule has 0 saturated heterocycles. The quantitative estimate of drug-likeness (QED) is 0.679. The number of hydrogen-bond donors (Lipinski definition) is 2. The zero-order valence-corrected chi connectivity index (χ0v) is 6.83. The summed E-state index contributed by atoms with van der Waals surface area (Å²) in [6.07, 6.45) is 2.89. The maximum atomic E-state index is 9.87. The molecule has 4 nitrogen and oxygen atoms in total. The van der Waals surface area contributed by atoms with E-state index in [2.05, 4.69) is 15.4 Å². The molecule has 0 radical (unpaired) electrons. The lowest BCUT2D eigenvalue weighted by atomic mass is 9.94. The Hall–Kier alpha value is -0.900. The fraction of sp³-hybridized carbons (Fsp3) is 0.714. The molecule has 62 valence electrons. The molecular formula is C7H13N3O. The van der Waals surface area contributed by atoms with E-state index < -0.39 is 5.60 Å². The Morgan fingerprint density at radius 2 is 2.18 bits per heavy atom. The first-order chi connectivity index (χ1) is 5.23. The van der Waals surface area contributed by atoms with Crippen molar-refractivity contribution >= 4 is 0 Å². The van der Waals surface area contributed by atoms with Gasteiger partial charge in [0.15, 0.2) is 0 Å². The van der Waals surface area contributed by atoms with Crippen molar-refractivity contribution in [3.05, 3.63) is 11.9 Å². The van der Waals surface area contributed by atoms with Crippen molar-refractivity contribution < 1.29 is 5.11 Å². The highest BCUT2D eigenvalue weighted by Crippen LogP contribution is 2.25. The van der Waals surface area contributed by atoms with Crippen LogP contribution in [0.2, 0.25) is 0 Å². The fourth-order valence-corrected chi connectivity index (χ4v) is 1.04. The molecule has 11 heavy (non-hydrogen) atoms. The summed E-state index contributed by atoms with van der Waals surface area (Å²) in [6, 6.07) is 0. The summed E-state index contributed by atoms with van der Waals surface area (Å²) in [6.45, 7) is 3.86. The van der Waals surface area contributed by atoms with Crippen LogP contribution in [0.3, 0.4) is 0 Å². The van der Waals surface area contributed by atoms with E-state index in [1.165, 1.54) is 0 Å². The van der Waals surface area contributed by atoms with Crippen molar-refractivity contribution in [1.82, 2.24) is 15.4 Å². The maximum Gasteiger partial charge on any atom is 0.114 e. The van der Waals surface area contributed by atoms with Crippen LogP contribution in [0.15, 0.2) is 6.20 Å². The Kier molecular flexibility index (Phi) is 2.24. The average Bonchev–Trinajstić information content (AvgIpc) is 2.55. The smallest absolute Gasteiger partial charge is 0.114 e. The largest absolute Gasteiger partial charge is 0.383 e. The molecule has 0 atom stereocenters. The second-order valence-electron chi connectivity index (χ2n) is 2.59. The first-order valence-electron chi connectivity index (χ1n) is 3.81. The van der Waals surface area contributed by atoms with Gasteiger partial charge in [-0.1, -0.05) is 13.8 Å². The lowest BCUT2D eigenvalue weighted by Gasteiger charge is -2.21. The van der Waals surface area contributed by atoms with Crippen LogP contribution >= 0.6 is 0 Å². The van der Waals surface area contributed by atoms with Gasteiger partial charge >= 0.3 is 0 Å². The number of rotatable bonds is 3. The molecular weight excluding hydrogens is 142 g/mol. The molecule has 4 heteroatoms. The molecule has 1 rings (SSSR count). The molecule has 0 saturated carbocycles. The Morgan fingerprint density at radius 3 is 2.55 bits per heavy atom. The normalized spacial score (nSPS) is 11.9. The van der Waals surface area contributed by atoms with Gasteiger partial charge in [0.05, 0.1) is 6.20 Å². The van der Waals surface area contributed by atoms with Gasteiger partial charge < -0.3 is 5.11 Å². The van der Waals surface area contributed by atoms with Gasteiger partial charge in [-0.15, -0.1) is 0 Å². The van der Waals surface area contributed by atoms with E-state index in [-0.39, 0.29) is 0 Å². The number of aliphatic hydroxyl groups is 1. The Balaban J connectivity index is 2.87. The van der Waals surface area contributed by atoms with Crippen LogP contribution in [0, 0.1) is 0 Å². The number of nitrogens with zero attached hydrogens (tertiary/aromatic N) is 2. The molecule has 0 bridgehead atoms. The summed E-state index contributed by atoms with van der Waals surface area (Å²) in [5.74, 6) is 0. The van der Waals surface area contributed by atoms with E-state index in [1.54, 1.807) is 6.20 Å². The van der Waals surface area contributed by atoms with E-state index in [0.717, 1.165) is 0 Å². The fourth-order valence-electron chi connectivity index (χ4n) is 1.04. The number of nitrogens with one attached hydrogen (secondary N) is 1. The number of H-pyrrole nitrogens is 1. The molecule has 0 aliphatic carbocycles. The van der Waals surface area contributed by atoms with Crippen molar-refractivity contribution in [1.29, 1.82) is 0 Å². The summed E-state index contributed by atoms with van der Waals surface area (Å²) in [5.41, 5.74) is -0.171. The van der Waals surface area contributed by atoms with Gasteiger partial charge in [0.1, 0.15) is 11.3 Å². The third kappa shape index (κ3) is 1.40. The first-order valence-corrected chi connectivity index (χ1v) is 3.81. The SMILES string of the molecule is CCC(O)(CC)c1cn[nH]n1. The van der Waals surface area contributed by atoms with Gasteiger partial charge in [0, 0.05) is 0 Å². The average molecular weight is 155 g/mol. The molecule has 2 N–H and O–H groups in total. The van der Waals surface area contributed by atoms with Gasteiger partial charge in [0.2, 0.25) is 0 Å². The van der Waals surface area contributed by atoms with Crippen molar-refractivity contribution in [2.45, 2.75) is 32.3 Å². The second kappa shape index (κ2) is 3.00. The molecule has 1 aromatic rings. The molecule has 0 amide bonds. The third-order valence-corrected chi connectivity index (χ3v) is 2.06. The summed E-state index contributed by atoms with van der Waals surface area (Å²) >= 11 is 0. The number of aromatic nitrogens is 3. The van der Waals surface area contributed by atoms with Crippen molar-refractivity contribution in [2.24, 2.45) is 0 Å². The van der Waals surface area contributed by atoms with Crippen LogP contribution < -0.4 is 0 Å². The van der Waals surface area contributed by atoms with Crippen LogP contribution in [0.1, 0.15) is 32.4 Å². The highest BCUT2D eigenvalue weighted by Gasteiger charge is 2.27. The summed E-state index contributed by atoms with van der Waals surface area (Å²) in [4.78, 5) is 0. The van der Waals surface area contributed by atoms with Crippen molar-refractivity contribution in [3.8, 4) is 0 Å². The number of hydrogen-bond acceptors (Lipinski definition) is 3. The zero-order chi connectivity index (χ0) is 8.32. The molecule has 0 aromatic carbocycles. The molecule has 1 heterocycles. The minimum absolute atomic E-state index is 0.627. The van der Waals surface area contributed by atoms with Crippen LogP contribution in [0.4, 0.5) is 0 Å². The topological polar surface area (TPSA) is 61.8 Å². The standard InChI is InChI=1S/C7H13N3O/c1-3-7(11,4-2)6-5-8-10-9-6/h5,11H,3-4H2,1-2H3,(H,8,9,10). The predicted molar refractivity (Wildman–Crippen MR) is 40.9 cm³/mol. The summed E-state index contributed by atoms with van der Waals surface area (Å²) in [5, 5.41) is 19.8. The van der Waals surface area contributed by atoms with Gasteiger partial charge in [-0.25, -0.2) is 0 Å². The third-order valence-electron chi connectivity index (χ3n) is 2.06. The summed E-state index contributed by atoms with van der Waals surface area (Å²) in [7, 11) is 0.